The molecule has 0 radical (unpaired) electrons. The van der Waals surface area contributed by atoms with Gasteiger partial charge in [-0.3, -0.25) is 0 Å². The summed E-state index contributed by atoms with van der Waals surface area (Å²) in [6.45, 7) is 3.16. The molecule has 124 valence electrons. The predicted octanol–water partition coefficient (Wildman–Crippen LogP) is 3.58. The van der Waals surface area contributed by atoms with Gasteiger partial charge in [-0.15, -0.1) is 0 Å². The van der Waals surface area contributed by atoms with Gasteiger partial charge in [-0.05, 0) is 49.6 Å². The summed E-state index contributed by atoms with van der Waals surface area (Å²) in [7, 11) is 0. The molecule has 0 bridgehead atoms. The van der Waals surface area contributed by atoms with Crippen molar-refractivity contribution in [2.45, 2.75) is 25.3 Å². The van der Waals surface area contributed by atoms with Crippen LogP contribution in [0.1, 0.15) is 24.0 Å². The maximum absolute atomic E-state index is 12.3. The maximum atomic E-state index is 12.3. The Labute approximate surface area is 141 Å². The van der Waals surface area contributed by atoms with Crippen molar-refractivity contribution in [3.63, 3.8) is 0 Å². The lowest BCUT2D eigenvalue weighted by molar-refractivity contribution is 0.171. The molecule has 0 unspecified atom stereocenters. The first kappa shape index (κ1) is 14.9. The van der Waals surface area contributed by atoms with Crippen molar-refractivity contribution in [2.75, 3.05) is 18.5 Å². The largest absolute Gasteiger partial charge is 0.486 e. The van der Waals surface area contributed by atoms with E-state index in [-0.39, 0.29) is 11.6 Å². The Kier molecular flexibility index (Phi) is 3.56. The zero-order valence-corrected chi connectivity index (χ0v) is 13.6. The number of hydrogen-bond donors (Lipinski definition) is 2. The van der Waals surface area contributed by atoms with Gasteiger partial charge in [0.15, 0.2) is 11.5 Å². The number of ether oxygens (including phenoxy) is 2. The van der Waals surface area contributed by atoms with E-state index in [2.05, 4.69) is 10.6 Å². The van der Waals surface area contributed by atoms with Gasteiger partial charge in [0.25, 0.3) is 0 Å². The molecule has 0 spiro atoms. The Morgan fingerprint density at radius 2 is 1.71 bits per heavy atom. The summed E-state index contributed by atoms with van der Waals surface area (Å²) < 4.78 is 11.2. The highest BCUT2D eigenvalue weighted by molar-refractivity contribution is 5.90. The summed E-state index contributed by atoms with van der Waals surface area (Å²) >= 11 is 0. The third-order valence-corrected chi connectivity index (χ3v) is 4.51. The smallest absolute Gasteiger partial charge is 0.319 e. The molecular weight excluding hydrogens is 304 g/mol. The Morgan fingerprint density at radius 3 is 2.42 bits per heavy atom. The molecule has 5 nitrogen and oxygen atoms in total. The van der Waals surface area contributed by atoms with Crippen LogP contribution in [0.5, 0.6) is 11.5 Å². The highest BCUT2D eigenvalue weighted by atomic mass is 16.6. The van der Waals surface area contributed by atoms with Crippen LogP contribution in [0.15, 0.2) is 42.5 Å². The molecule has 0 saturated heterocycles. The highest BCUT2D eigenvalue weighted by Crippen LogP contribution is 2.47. The zero-order chi connectivity index (χ0) is 16.6. The molecule has 0 atom stereocenters. The third kappa shape index (κ3) is 2.89. The molecule has 5 heteroatoms. The van der Waals surface area contributed by atoms with Gasteiger partial charge in [0, 0.05) is 5.69 Å². The van der Waals surface area contributed by atoms with Crippen molar-refractivity contribution in [3.8, 4) is 11.5 Å². The average Bonchev–Trinajstić information content (AvgIpc) is 3.37. The van der Waals surface area contributed by atoms with Crippen molar-refractivity contribution in [2.24, 2.45) is 0 Å². The number of rotatable bonds is 3. The summed E-state index contributed by atoms with van der Waals surface area (Å²) in [6, 6.07) is 13.5. The van der Waals surface area contributed by atoms with Crippen LogP contribution in [0.25, 0.3) is 0 Å². The number of benzene rings is 2. The average molecular weight is 324 g/mol. The molecule has 2 aromatic carbocycles. The summed E-state index contributed by atoms with van der Waals surface area (Å²) in [6.07, 6.45) is 1.85. The van der Waals surface area contributed by atoms with Crippen LogP contribution in [-0.4, -0.2) is 19.2 Å². The van der Waals surface area contributed by atoms with Crippen molar-refractivity contribution in [1.29, 1.82) is 0 Å². The van der Waals surface area contributed by atoms with Crippen LogP contribution in [0, 0.1) is 6.92 Å². The van der Waals surface area contributed by atoms with E-state index in [1.54, 1.807) is 0 Å². The van der Waals surface area contributed by atoms with Crippen LogP contribution in [0.3, 0.4) is 0 Å². The van der Waals surface area contributed by atoms with Gasteiger partial charge in [-0.25, -0.2) is 4.79 Å². The number of amides is 2. The topological polar surface area (TPSA) is 59.6 Å². The molecule has 1 heterocycles. The van der Waals surface area contributed by atoms with Crippen LogP contribution in [-0.2, 0) is 5.54 Å². The van der Waals surface area contributed by atoms with Gasteiger partial charge < -0.3 is 20.1 Å². The first-order chi connectivity index (χ1) is 11.6. The summed E-state index contributed by atoms with van der Waals surface area (Å²) in [5.41, 5.74) is 2.71. The van der Waals surface area contributed by atoms with E-state index in [4.69, 9.17) is 9.47 Å². The van der Waals surface area contributed by atoms with E-state index in [1.165, 1.54) is 0 Å². The SMILES string of the molecule is Cc1ccc(NC(=O)NC2(c3ccc4c(c3)OCCO4)CC2)cc1. The predicted molar refractivity (Wildman–Crippen MR) is 91.7 cm³/mol. The van der Waals surface area contributed by atoms with Crippen LogP contribution < -0.4 is 20.1 Å². The molecule has 1 saturated carbocycles. The molecule has 1 aliphatic heterocycles. The number of urea groups is 1. The Morgan fingerprint density at radius 1 is 1.00 bits per heavy atom. The lowest BCUT2D eigenvalue weighted by Gasteiger charge is -2.23. The van der Waals surface area contributed by atoms with E-state index >= 15 is 0 Å². The second-order valence-corrected chi connectivity index (χ2v) is 6.39. The summed E-state index contributed by atoms with van der Waals surface area (Å²) in [5.74, 6) is 1.52. The minimum atomic E-state index is -0.301. The molecule has 24 heavy (non-hydrogen) atoms. The van der Waals surface area contributed by atoms with Gasteiger partial charge in [0.05, 0.1) is 5.54 Å². The van der Waals surface area contributed by atoms with E-state index in [9.17, 15) is 4.79 Å². The van der Waals surface area contributed by atoms with Crippen LogP contribution in [0.4, 0.5) is 10.5 Å². The molecular formula is C19H20N2O3. The maximum Gasteiger partial charge on any atom is 0.319 e. The fourth-order valence-electron chi connectivity index (χ4n) is 2.97. The summed E-state index contributed by atoms with van der Waals surface area (Å²) in [5, 5.41) is 6.00. The number of nitrogens with one attached hydrogen (secondary N) is 2. The number of carbonyl (C=O) groups excluding carboxylic acids is 1. The molecule has 2 amide bonds. The molecule has 2 aromatic rings. The van der Waals surface area contributed by atoms with E-state index in [0.29, 0.717) is 13.2 Å². The van der Waals surface area contributed by atoms with E-state index in [1.807, 2.05) is 49.4 Å². The van der Waals surface area contributed by atoms with E-state index in [0.717, 1.165) is 41.2 Å². The van der Waals surface area contributed by atoms with Crippen molar-refractivity contribution in [1.82, 2.24) is 5.32 Å². The Hall–Kier alpha value is -2.69. The van der Waals surface area contributed by atoms with Crippen molar-refractivity contribution in [3.05, 3.63) is 53.6 Å². The highest BCUT2D eigenvalue weighted by Gasteiger charge is 2.46. The number of anilines is 1. The molecule has 2 N–H and O–H groups in total. The monoisotopic (exact) mass is 324 g/mol. The normalized spacial score (nSPS) is 17.0. The van der Waals surface area contributed by atoms with Gasteiger partial charge in [0.2, 0.25) is 0 Å². The van der Waals surface area contributed by atoms with Crippen LogP contribution >= 0.6 is 0 Å². The molecule has 4 rings (SSSR count). The number of aryl methyl sites for hydroxylation is 1. The van der Waals surface area contributed by atoms with Gasteiger partial charge >= 0.3 is 6.03 Å². The fraction of sp³-hybridized carbons (Fsp3) is 0.316. The minimum Gasteiger partial charge on any atom is -0.486 e. The van der Waals surface area contributed by atoms with Gasteiger partial charge in [0.1, 0.15) is 13.2 Å². The number of fused-ring (bicyclic) bond motifs is 1. The molecule has 2 aliphatic rings. The first-order valence-electron chi connectivity index (χ1n) is 8.21. The van der Waals surface area contributed by atoms with Gasteiger partial charge in [-0.2, -0.15) is 0 Å². The molecule has 1 fully saturated rings. The Balaban J connectivity index is 1.47. The lowest BCUT2D eigenvalue weighted by atomic mass is 10.0. The van der Waals surface area contributed by atoms with Crippen molar-refractivity contribution >= 4 is 11.7 Å². The van der Waals surface area contributed by atoms with Crippen LogP contribution in [0.2, 0.25) is 0 Å². The van der Waals surface area contributed by atoms with E-state index < -0.39 is 0 Å². The molecule has 1 aliphatic carbocycles. The van der Waals surface area contributed by atoms with Gasteiger partial charge in [-0.1, -0.05) is 23.8 Å². The second-order valence-electron chi connectivity index (χ2n) is 6.39. The fourth-order valence-corrected chi connectivity index (χ4v) is 2.97. The standard InChI is InChI=1S/C19H20N2O3/c1-13-2-5-15(6-3-13)20-18(22)21-19(8-9-19)14-4-7-16-17(12-14)24-11-10-23-16/h2-7,12H,8-11H2,1H3,(H2,20,21,22). The Bertz CT molecular complexity index is 767. The minimum absolute atomic E-state index is 0.189. The van der Waals surface area contributed by atoms with Crippen molar-refractivity contribution < 1.29 is 14.3 Å². The molecule has 0 aromatic heterocycles. The lowest BCUT2D eigenvalue weighted by Crippen LogP contribution is -2.38. The number of hydrogen-bond acceptors (Lipinski definition) is 3. The second kappa shape index (κ2) is 5.74. The first-order valence-corrected chi connectivity index (χ1v) is 8.21. The summed E-state index contributed by atoms with van der Waals surface area (Å²) in [4.78, 5) is 12.3. The third-order valence-electron chi connectivity index (χ3n) is 4.51. The quantitative estimate of drug-likeness (QED) is 0.907. The zero-order valence-electron chi connectivity index (χ0n) is 13.6. The number of carbonyl (C=O) groups is 1.